The Hall–Kier alpha value is -3.56. The summed E-state index contributed by atoms with van der Waals surface area (Å²) in [5, 5.41) is 0.419. The van der Waals surface area contributed by atoms with Crippen molar-refractivity contribution < 1.29 is 41.4 Å². The van der Waals surface area contributed by atoms with Gasteiger partial charge in [0.1, 0.15) is 5.75 Å². The molecule has 0 saturated carbocycles. The molecule has 3 rings (SSSR count). The highest BCUT2D eigenvalue weighted by Crippen LogP contribution is 2.33. The smallest absolute Gasteiger partial charge is 0.494 e. The van der Waals surface area contributed by atoms with E-state index in [1.54, 1.807) is 13.8 Å². The van der Waals surface area contributed by atoms with Gasteiger partial charge in [0.15, 0.2) is 11.6 Å². The first-order valence-electron chi connectivity index (χ1n) is 10.4. The number of methoxy groups -OCH3 is 1. The highest BCUT2D eigenvalue weighted by atomic mass is 19.4. The number of halogens is 4. The average molecular weight is 481 g/mol. The number of carbonyl (C=O) groups excluding carboxylic acids is 2. The highest BCUT2D eigenvalue weighted by molar-refractivity contribution is 6.05. The van der Waals surface area contributed by atoms with E-state index >= 15 is 0 Å². The maximum atomic E-state index is 14.5. The molecule has 0 aliphatic heterocycles. The predicted octanol–water partition coefficient (Wildman–Crippen LogP) is 5.57. The maximum Gasteiger partial charge on any atom is 0.573 e. The molecule has 182 valence electrons. The molecular formula is C24H23F4NO5. The van der Waals surface area contributed by atoms with Gasteiger partial charge in [0.2, 0.25) is 0 Å². The lowest BCUT2D eigenvalue weighted by molar-refractivity contribution is -0.274. The Morgan fingerprint density at radius 2 is 1.76 bits per heavy atom. The van der Waals surface area contributed by atoms with Crippen LogP contribution >= 0.6 is 0 Å². The van der Waals surface area contributed by atoms with E-state index in [1.807, 2.05) is 6.92 Å². The average Bonchev–Trinajstić information content (AvgIpc) is 3.02. The molecular weight excluding hydrogens is 458 g/mol. The molecule has 0 N–H and O–H groups in total. The van der Waals surface area contributed by atoms with E-state index in [0.29, 0.717) is 23.1 Å². The van der Waals surface area contributed by atoms with Crippen LogP contribution in [-0.4, -0.2) is 36.0 Å². The molecule has 0 bridgehead atoms. The summed E-state index contributed by atoms with van der Waals surface area (Å²) in [7, 11) is 1.29. The fourth-order valence-corrected chi connectivity index (χ4v) is 3.54. The molecule has 1 aromatic heterocycles. The lowest BCUT2D eigenvalue weighted by Gasteiger charge is -2.11. The van der Waals surface area contributed by atoms with Crippen molar-refractivity contribution in [3.63, 3.8) is 0 Å². The van der Waals surface area contributed by atoms with E-state index in [9.17, 15) is 27.2 Å². The van der Waals surface area contributed by atoms with Gasteiger partial charge in [0, 0.05) is 22.7 Å². The Kier molecular flexibility index (Phi) is 7.18. The topological polar surface area (TPSA) is 66.8 Å². The van der Waals surface area contributed by atoms with Crippen LogP contribution in [0.25, 0.3) is 10.9 Å². The van der Waals surface area contributed by atoms with Crippen LogP contribution < -0.4 is 9.47 Å². The molecule has 6 nitrogen and oxygen atoms in total. The Balaban J connectivity index is 2.08. The highest BCUT2D eigenvalue weighted by Gasteiger charge is 2.31. The van der Waals surface area contributed by atoms with E-state index in [4.69, 9.17) is 9.47 Å². The molecule has 3 aromatic rings. The van der Waals surface area contributed by atoms with E-state index in [0.717, 1.165) is 18.2 Å². The first-order valence-corrected chi connectivity index (χ1v) is 10.4. The van der Waals surface area contributed by atoms with Crippen LogP contribution in [0.5, 0.6) is 11.5 Å². The molecule has 0 saturated heterocycles. The zero-order valence-corrected chi connectivity index (χ0v) is 19.0. The minimum Gasteiger partial charge on any atom is -0.494 e. The lowest BCUT2D eigenvalue weighted by atomic mass is 10.1. The summed E-state index contributed by atoms with van der Waals surface area (Å²) in [6, 6.07) is 6.87. The molecule has 1 atom stereocenters. The summed E-state index contributed by atoms with van der Waals surface area (Å²) in [5.41, 5.74) is 1.04. The molecule has 0 unspecified atom stereocenters. The second-order valence-corrected chi connectivity index (χ2v) is 7.67. The summed E-state index contributed by atoms with van der Waals surface area (Å²) in [6.07, 6.45) is -4.71. The minimum atomic E-state index is -4.87. The van der Waals surface area contributed by atoms with Crippen molar-refractivity contribution in [2.45, 2.75) is 46.1 Å². The number of carbonyl (C=O) groups is 2. The Labute approximate surface area is 193 Å². The quantitative estimate of drug-likeness (QED) is 0.326. The standard InChI is InChI=1S/C24H23F4NO5/c1-5-13(2)33-22(30)11-17-14(3)29(20-12-19(25)21(32-4)10-18(17)20)23(31)15-6-8-16(9-7-15)34-24(26,27)28/h6-10,12-13H,5,11H2,1-4H3/t13-/m1/s1. The van der Waals surface area contributed by atoms with Crippen LogP contribution in [0.15, 0.2) is 36.4 Å². The number of benzene rings is 2. The second-order valence-electron chi connectivity index (χ2n) is 7.67. The van der Waals surface area contributed by atoms with E-state index in [-0.39, 0.29) is 29.4 Å². The molecule has 1 heterocycles. The van der Waals surface area contributed by atoms with Gasteiger partial charge in [-0.05, 0) is 56.2 Å². The summed E-state index contributed by atoms with van der Waals surface area (Å²) in [6.45, 7) is 5.21. The zero-order valence-electron chi connectivity index (χ0n) is 19.0. The van der Waals surface area contributed by atoms with Gasteiger partial charge >= 0.3 is 12.3 Å². The summed E-state index contributed by atoms with van der Waals surface area (Å²) in [4.78, 5) is 25.8. The predicted molar refractivity (Wildman–Crippen MR) is 116 cm³/mol. The van der Waals surface area contributed by atoms with Crippen LogP contribution in [0.4, 0.5) is 17.6 Å². The van der Waals surface area contributed by atoms with Crippen molar-refractivity contribution in [1.82, 2.24) is 4.57 Å². The Bertz CT molecular complexity index is 1220. The number of fused-ring (bicyclic) bond motifs is 1. The number of rotatable bonds is 7. The molecule has 10 heteroatoms. The number of alkyl halides is 3. The van der Waals surface area contributed by atoms with Crippen LogP contribution in [0.2, 0.25) is 0 Å². The van der Waals surface area contributed by atoms with Crippen LogP contribution in [0, 0.1) is 12.7 Å². The van der Waals surface area contributed by atoms with Crippen molar-refractivity contribution >= 4 is 22.8 Å². The van der Waals surface area contributed by atoms with Crippen LogP contribution in [0.1, 0.15) is 41.9 Å². The van der Waals surface area contributed by atoms with Crippen molar-refractivity contribution in [2.75, 3.05) is 7.11 Å². The summed E-state index contributed by atoms with van der Waals surface area (Å²) < 4.78 is 67.3. The summed E-state index contributed by atoms with van der Waals surface area (Å²) >= 11 is 0. The lowest BCUT2D eigenvalue weighted by Crippen LogP contribution is -2.18. The van der Waals surface area contributed by atoms with Gasteiger partial charge < -0.3 is 14.2 Å². The Morgan fingerprint density at radius 1 is 1.12 bits per heavy atom. The number of esters is 1. The van der Waals surface area contributed by atoms with Gasteiger partial charge in [-0.25, -0.2) is 4.39 Å². The van der Waals surface area contributed by atoms with E-state index < -0.39 is 29.8 Å². The monoisotopic (exact) mass is 481 g/mol. The normalized spacial score (nSPS) is 12.5. The summed E-state index contributed by atoms with van der Waals surface area (Å²) in [5.74, 6) is -2.40. The Morgan fingerprint density at radius 3 is 2.32 bits per heavy atom. The van der Waals surface area contributed by atoms with E-state index in [1.165, 1.54) is 29.9 Å². The van der Waals surface area contributed by atoms with Gasteiger partial charge in [-0.3, -0.25) is 14.2 Å². The molecule has 0 aliphatic rings. The first kappa shape index (κ1) is 25.1. The van der Waals surface area contributed by atoms with Gasteiger partial charge in [-0.15, -0.1) is 13.2 Å². The van der Waals surface area contributed by atoms with Crippen molar-refractivity contribution in [1.29, 1.82) is 0 Å². The fraction of sp³-hybridized carbons (Fsp3) is 0.333. The van der Waals surface area contributed by atoms with Gasteiger partial charge in [0.25, 0.3) is 5.91 Å². The third-order valence-electron chi connectivity index (χ3n) is 5.37. The molecule has 0 amide bonds. The van der Waals surface area contributed by atoms with Gasteiger partial charge in [-0.2, -0.15) is 0 Å². The van der Waals surface area contributed by atoms with Crippen LogP contribution in [-0.2, 0) is 16.0 Å². The van der Waals surface area contributed by atoms with Gasteiger partial charge in [0.05, 0.1) is 25.2 Å². The fourth-order valence-electron chi connectivity index (χ4n) is 3.54. The van der Waals surface area contributed by atoms with Crippen molar-refractivity contribution in [2.24, 2.45) is 0 Å². The second kappa shape index (κ2) is 9.74. The third kappa shape index (κ3) is 5.32. The van der Waals surface area contributed by atoms with Crippen LogP contribution in [0.3, 0.4) is 0 Å². The van der Waals surface area contributed by atoms with Gasteiger partial charge in [-0.1, -0.05) is 6.92 Å². The molecule has 0 radical (unpaired) electrons. The largest absolute Gasteiger partial charge is 0.573 e. The number of hydrogen-bond donors (Lipinski definition) is 0. The third-order valence-corrected chi connectivity index (χ3v) is 5.37. The van der Waals surface area contributed by atoms with Crippen molar-refractivity contribution in [3.05, 3.63) is 59.0 Å². The SMILES string of the molecule is CC[C@@H](C)OC(=O)Cc1c(C)n(C(=O)c2ccc(OC(F)(F)F)cc2)c2cc(F)c(OC)cc12. The molecule has 0 spiro atoms. The number of hydrogen-bond acceptors (Lipinski definition) is 5. The molecule has 0 aliphatic carbocycles. The molecule has 34 heavy (non-hydrogen) atoms. The number of aromatic nitrogens is 1. The first-order chi connectivity index (χ1) is 15.9. The maximum absolute atomic E-state index is 14.5. The number of nitrogens with zero attached hydrogens (tertiary/aromatic N) is 1. The zero-order chi connectivity index (χ0) is 25.2. The minimum absolute atomic E-state index is 0.0412. The molecule has 0 fully saturated rings. The van der Waals surface area contributed by atoms with Crippen molar-refractivity contribution in [3.8, 4) is 11.5 Å². The molecule has 2 aromatic carbocycles. The number of ether oxygens (including phenoxy) is 3. The van der Waals surface area contributed by atoms with E-state index in [2.05, 4.69) is 4.74 Å².